The van der Waals surface area contributed by atoms with E-state index in [1.807, 2.05) is 6.07 Å². The van der Waals surface area contributed by atoms with E-state index in [0.717, 1.165) is 0 Å². The number of benzene rings is 1. The van der Waals surface area contributed by atoms with Crippen molar-refractivity contribution in [1.82, 2.24) is 19.7 Å². The van der Waals surface area contributed by atoms with E-state index < -0.39 is 21.1 Å². The number of rotatable bonds is 2. The van der Waals surface area contributed by atoms with Crippen molar-refractivity contribution in [3.63, 3.8) is 0 Å². The molecule has 2 saturated heterocycles. The monoisotopic (exact) mass is 383 g/mol. The Bertz CT molecular complexity index is 886. The Morgan fingerprint density at radius 3 is 2.68 bits per heavy atom. The van der Waals surface area contributed by atoms with Gasteiger partial charge >= 0.3 is 0 Å². The van der Waals surface area contributed by atoms with Gasteiger partial charge in [0.2, 0.25) is 0 Å². The molecule has 0 radical (unpaired) electrons. The molecule has 2 aliphatic rings. The van der Waals surface area contributed by atoms with Gasteiger partial charge in [-0.15, -0.1) is 12.4 Å². The molecule has 2 aromatic rings. The van der Waals surface area contributed by atoms with E-state index >= 15 is 0 Å². The van der Waals surface area contributed by atoms with Gasteiger partial charge in [0.15, 0.2) is 9.84 Å². The van der Waals surface area contributed by atoms with Crippen LogP contribution in [0.25, 0.3) is 5.69 Å². The summed E-state index contributed by atoms with van der Waals surface area (Å²) >= 11 is 0. The Balaban J connectivity index is 0.00000182. The molecule has 1 aromatic carbocycles. The number of halogens is 1. The Morgan fingerprint density at radius 2 is 2.00 bits per heavy atom. The Morgan fingerprint density at radius 1 is 1.24 bits per heavy atom. The lowest BCUT2D eigenvalue weighted by molar-refractivity contribution is 0.0785. The Hall–Kier alpha value is -1.97. The van der Waals surface area contributed by atoms with E-state index in [9.17, 15) is 13.2 Å². The van der Waals surface area contributed by atoms with Crippen molar-refractivity contribution in [1.29, 1.82) is 0 Å². The number of hydrogen-bond donors (Lipinski definition) is 1. The van der Waals surface area contributed by atoms with Crippen molar-refractivity contribution in [2.75, 3.05) is 18.8 Å². The largest absolute Gasteiger partial charge is 0.337 e. The van der Waals surface area contributed by atoms with Crippen molar-refractivity contribution in [3.05, 3.63) is 42.5 Å². The number of carbonyl (C=O) groups is 1. The third kappa shape index (κ3) is 2.92. The molecule has 0 unspecified atom stereocenters. The molecule has 4 rings (SSSR count). The first-order valence-corrected chi connectivity index (χ1v) is 9.39. The van der Waals surface area contributed by atoms with E-state index in [0.29, 0.717) is 17.8 Å². The van der Waals surface area contributed by atoms with Gasteiger partial charge in [0.1, 0.15) is 12.7 Å². The molecule has 134 valence electrons. The molecule has 1 aromatic heterocycles. The average molecular weight is 384 g/mol. The van der Waals surface area contributed by atoms with Gasteiger partial charge in [0.25, 0.3) is 5.91 Å². The number of amides is 1. The van der Waals surface area contributed by atoms with E-state index in [4.69, 9.17) is 5.73 Å². The van der Waals surface area contributed by atoms with Gasteiger partial charge in [0, 0.05) is 25.0 Å². The third-order valence-electron chi connectivity index (χ3n) is 4.83. The summed E-state index contributed by atoms with van der Waals surface area (Å²) < 4.78 is 25.9. The molecule has 3 heterocycles. The van der Waals surface area contributed by atoms with Gasteiger partial charge in [-0.2, -0.15) is 5.10 Å². The van der Waals surface area contributed by atoms with Crippen LogP contribution in [0, 0.1) is 5.92 Å². The van der Waals surface area contributed by atoms with Crippen molar-refractivity contribution in [2.45, 2.75) is 11.3 Å². The number of fused-ring (bicyclic) bond motifs is 1. The fourth-order valence-corrected chi connectivity index (χ4v) is 5.89. The summed E-state index contributed by atoms with van der Waals surface area (Å²) in [6.07, 6.45) is 2.91. The number of nitrogens with zero attached hydrogens (tertiary/aromatic N) is 4. The lowest BCUT2D eigenvalue weighted by Crippen LogP contribution is -2.36. The molecule has 2 fully saturated rings. The molecule has 0 aliphatic carbocycles. The average Bonchev–Trinajstić information content (AvgIpc) is 3.26. The van der Waals surface area contributed by atoms with Crippen molar-refractivity contribution < 1.29 is 13.2 Å². The third-order valence-corrected chi connectivity index (χ3v) is 7.10. The zero-order valence-electron chi connectivity index (χ0n) is 13.2. The fourth-order valence-electron chi connectivity index (χ4n) is 3.63. The van der Waals surface area contributed by atoms with Gasteiger partial charge in [-0.05, 0) is 12.1 Å². The topological polar surface area (TPSA) is 111 Å². The minimum absolute atomic E-state index is 0. The highest BCUT2D eigenvalue weighted by Gasteiger charge is 2.51. The summed E-state index contributed by atoms with van der Waals surface area (Å²) in [6, 6.07) is 6.67. The van der Waals surface area contributed by atoms with Crippen molar-refractivity contribution >= 4 is 28.2 Å². The zero-order valence-corrected chi connectivity index (χ0v) is 14.9. The number of carbonyl (C=O) groups excluding carboxylic acids is 1. The molecule has 10 heteroatoms. The Kier molecular flexibility index (Phi) is 4.56. The minimum Gasteiger partial charge on any atom is -0.337 e. The van der Waals surface area contributed by atoms with Crippen LogP contribution in [-0.4, -0.2) is 64.1 Å². The molecule has 0 bridgehead atoms. The SMILES string of the molecule is Cl.N[C@@H]1CS(=O)(=O)[C@H]2CN(C(=O)c3ccccc3-n3cncn3)C[C@@H]12. The second kappa shape index (κ2) is 6.40. The predicted molar refractivity (Wildman–Crippen MR) is 93.6 cm³/mol. The van der Waals surface area contributed by atoms with Crippen molar-refractivity contribution in [2.24, 2.45) is 11.7 Å². The summed E-state index contributed by atoms with van der Waals surface area (Å²) in [5, 5.41) is 3.52. The number of nitrogens with two attached hydrogens (primary N) is 1. The van der Waals surface area contributed by atoms with Crippen molar-refractivity contribution in [3.8, 4) is 5.69 Å². The predicted octanol–water partition coefficient (Wildman–Crippen LogP) is -0.115. The van der Waals surface area contributed by atoms with Crippen LogP contribution in [0.5, 0.6) is 0 Å². The number of likely N-dealkylation sites (tertiary alicyclic amines) is 1. The van der Waals surface area contributed by atoms with Crippen LogP contribution < -0.4 is 5.73 Å². The first kappa shape index (κ1) is 17.8. The van der Waals surface area contributed by atoms with Crippen LogP contribution in [0.3, 0.4) is 0 Å². The normalized spacial score (nSPS) is 26.9. The van der Waals surface area contributed by atoms with Crippen LogP contribution in [-0.2, 0) is 9.84 Å². The molecule has 25 heavy (non-hydrogen) atoms. The lowest BCUT2D eigenvalue weighted by atomic mass is 10.0. The number of sulfone groups is 1. The summed E-state index contributed by atoms with van der Waals surface area (Å²) in [5.74, 6) is -0.379. The standard InChI is InChI=1S/C15H17N5O3S.ClH/c16-12-7-24(22,23)14-6-19(5-11(12)14)15(21)10-3-1-2-4-13(10)20-9-17-8-18-20;/h1-4,8-9,11-12,14H,5-7,16H2;1H/t11-,12+,14-;/m0./s1. The first-order chi connectivity index (χ1) is 11.5. The number of aromatic nitrogens is 3. The second-order valence-electron chi connectivity index (χ2n) is 6.26. The minimum atomic E-state index is -3.22. The van der Waals surface area contributed by atoms with Gasteiger partial charge < -0.3 is 10.6 Å². The summed E-state index contributed by atoms with van der Waals surface area (Å²) in [4.78, 5) is 18.4. The second-order valence-corrected chi connectivity index (χ2v) is 8.53. The Labute approximate surface area is 151 Å². The highest BCUT2D eigenvalue weighted by atomic mass is 35.5. The van der Waals surface area contributed by atoms with E-state index in [-0.39, 0.29) is 36.5 Å². The molecule has 0 spiro atoms. The van der Waals surface area contributed by atoms with E-state index in [2.05, 4.69) is 10.1 Å². The quantitative estimate of drug-likeness (QED) is 0.774. The number of para-hydroxylation sites is 1. The van der Waals surface area contributed by atoms with Crippen LogP contribution in [0.15, 0.2) is 36.9 Å². The molecule has 0 saturated carbocycles. The molecule has 3 atom stereocenters. The van der Waals surface area contributed by atoms with E-state index in [1.54, 1.807) is 23.1 Å². The molecule has 1 amide bonds. The van der Waals surface area contributed by atoms with Crippen LogP contribution in [0.2, 0.25) is 0 Å². The maximum atomic E-state index is 12.9. The molecule has 8 nitrogen and oxygen atoms in total. The summed E-state index contributed by atoms with van der Waals surface area (Å²) in [6.45, 7) is 0.570. The molecular formula is C15H18ClN5O3S. The maximum absolute atomic E-state index is 12.9. The van der Waals surface area contributed by atoms with Crippen LogP contribution in [0.1, 0.15) is 10.4 Å². The van der Waals surface area contributed by atoms with Gasteiger partial charge in [-0.3, -0.25) is 4.79 Å². The smallest absolute Gasteiger partial charge is 0.256 e. The maximum Gasteiger partial charge on any atom is 0.256 e. The zero-order chi connectivity index (χ0) is 16.9. The van der Waals surface area contributed by atoms with Crippen LogP contribution in [0.4, 0.5) is 0 Å². The summed E-state index contributed by atoms with van der Waals surface area (Å²) in [5.41, 5.74) is 7.05. The molecular weight excluding hydrogens is 366 g/mol. The highest BCUT2D eigenvalue weighted by molar-refractivity contribution is 7.92. The first-order valence-electron chi connectivity index (χ1n) is 7.68. The van der Waals surface area contributed by atoms with E-state index in [1.165, 1.54) is 17.3 Å². The number of hydrogen-bond acceptors (Lipinski definition) is 6. The fraction of sp³-hybridized carbons (Fsp3) is 0.400. The highest BCUT2D eigenvalue weighted by Crippen LogP contribution is 2.34. The van der Waals surface area contributed by atoms with Crippen LogP contribution >= 0.6 is 12.4 Å². The molecule has 2 N–H and O–H groups in total. The lowest BCUT2D eigenvalue weighted by Gasteiger charge is -2.20. The van der Waals surface area contributed by atoms with Gasteiger partial charge in [-0.1, -0.05) is 12.1 Å². The van der Waals surface area contributed by atoms with Gasteiger partial charge in [-0.25, -0.2) is 18.1 Å². The molecule has 2 aliphatic heterocycles. The van der Waals surface area contributed by atoms with Gasteiger partial charge in [0.05, 0.1) is 22.3 Å². The summed E-state index contributed by atoms with van der Waals surface area (Å²) in [7, 11) is -3.22.